The van der Waals surface area contributed by atoms with Crippen molar-refractivity contribution in [3.63, 3.8) is 0 Å². The number of carbonyl (C=O) groups excluding carboxylic acids is 1. The summed E-state index contributed by atoms with van der Waals surface area (Å²) in [5.41, 5.74) is 2.02. The smallest absolute Gasteiger partial charge is 0.251 e. The Kier molecular flexibility index (Phi) is 3.65. The Morgan fingerprint density at radius 1 is 1.05 bits per heavy atom. The van der Waals surface area contributed by atoms with Crippen molar-refractivity contribution in [2.45, 2.75) is 25.8 Å². The summed E-state index contributed by atoms with van der Waals surface area (Å²) < 4.78 is 5.20. The van der Waals surface area contributed by atoms with Crippen molar-refractivity contribution in [3.05, 3.63) is 65.7 Å². The Bertz CT molecular complexity index is 662. The summed E-state index contributed by atoms with van der Waals surface area (Å²) in [5.74, 6) is 1.19. The highest BCUT2D eigenvalue weighted by Gasteiger charge is 2.59. The lowest BCUT2D eigenvalue weighted by Crippen LogP contribution is -2.28. The summed E-state index contributed by atoms with van der Waals surface area (Å²) in [4.78, 5) is 12.3. The molecule has 3 rings (SSSR count). The fourth-order valence-electron chi connectivity index (χ4n) is 3.15. The third kappa shape index (κ3) is 2.59. The van der Waals surface area contributed by atoms with Crippen LogP contribution in [0.4, 0.5) is 0 Å². The molecule has 1 aliphatic rings. The molecule has 2 atom stereocenters. The van der Waals surface area contributed by atoms with Crippen molar-refractivity contribution in [2.24, 2.45) is 5.41 Å². The summed E-state index contributed by atoms with van der Waals surface area (Å²) in [5, 5.41) is 3.17. The second kappa shape index (κ2) is 5.48. The summed E-state index contributed by atoms with van der Waals surface area (Å²) >= 11 is 0. The van der Waals surface area contributed by atoms with E-state index in [1.165, 1.54) is 5.56 Å². The monoisotopic (exact) mass is 295 g/mol. The van der Waals surface area contributed by atoms with Gasteiger partial charge in [0, 0.05) is 17.5 Å². The number of hydrogen-bond donors (Lipinski definition) is 1. The topological polar surface area (TPSA) is 38.3 Å². The SMILES string of the molecule is COc1ccc([C@H]2C(NC(=O)c3ccccc3)C2(C)C)cc1. The third-order valence-electron chi connectivity index (χ3n) is 4.62. The molecule has 2 aromatic carbocycles. The molecule has 1 amide bonds. The predicted molar refractivity (Wildman–Crippen MR) is 87.2 cm³/mol. The van der Waals surface area contributed by atoms with Crippen molar-refractivity contribution in [1.82, 2.24) is 5.32 Å². The molecule has 1 fully saturated rings. The number of hydrogen-bond acceptors (Lipinski definition) is 2. The predicted octanol–water partition coefficient (Wildman–Crippen LogP) is 3.62. The van der Waals surface area contributed by atoms with Crippen LogP contribution in [0.1, 0.15) is 35.7 Å². The van der Waals surface area contributed by atoms with Crippen LogP contribution in [-0.2, 0) is 0 Å². The number of ether oxygens (including phenoxy) is 1. The minimum Gasteiger partial charge on any atom is -0.497 e. The first kappa shape index (κ1) is 14.6. The van der Waals surface area contributed by atoms with E-state index in [-0.39, 0.29) is 17.4 Å². The molecular formula is C19H21NO2. The van der Waals surface area contributed by atoms with Crippen molar-refractivity contribution >= 4 is 5.91 Å². The summed E-state index contributed by atoms with van der Waals surface area (Å²) in [6, 6.07) is 17.6. The van der Waals surface area contributed by atoms with E-state index in [4.69, 9.17) is 4.74 Å². The molecule has 1 saturated carbocycles. The molecule has 0 aromatic heterocycles. The zero-order valence-electron chi connectivity index (χ0n) is 13.2. The fraction of sp³-hybridized carbons (Fsp3) is 0.316. The lowest BCUT2D eigenvalue weighted by molar-refractivity contribution is 0.0946. The minimum absolute atomic E-state index is 0.00492. The first-order chi connectivity index (χ1) is 10.5. The van der Waals surface area contributed by atoms with E-state index in [1.54, 1.807) is 7.11 Å². The standard InChI is InChI=1S/C19H21NO2/c1-19(2)16(13-9-11-15(22-3)12-10-13)17(19)20-18(21)14-7-5-4-6-8-14/h4-12,16-17H,1-3H3,(H,20,21)/t16-,17?/m0/s1. The van der Waals surface area contributed by atoms with Crippen molar-refractivity contribution in [3.8, 4) is 5.75 Å². The zero-order chi connectivity index (χ0) is 15.7. The highest BCUT2D eigenvalue weighted by Crippen LogP contribution is 2.58. The van der Waals surface area contributed by atoms with E-state index in [9.17, 15) is 4.79 Å². The van der Waals surface area contributed by atoms with Crippen LogP contribution < -0.4 is 10.1 Å². The molecule has 1 N–H and O–H groups in total. The molecule has 0 heterocycles. The van der Waals surface area contributed by atoms with Crippen molar-refractivity contribution in [1.29, 1.82) is 0 Å². The third-order valence-corrected chi connectivity index (χ3v) is 4.62. The second-order valence-electron chi connectivity index (χ2n) is 6.39. The maximum Gasteiger partial charge on any atom is 0.251 e. The number of benzene rings is 2. The zero-order valence-corrected chi connectivity index (χ0v) is 13.2. The molecule has 1 unspecified atom stereocenters. The normalized spacial score (nSPS) is 22.0. The molecule has 0 aliphatic heterocycles. The molecule has 0 radical (unpaired) electrons. The molecule has 0 saturated heterocycles. The molecular weight excluding hydrogens is 274 g/mol. The summed E-state index contributed by atoms with van der Waals surface area (Å²) in [7, 11) is 1.67. The van der Waals surface area contributed by atoms with Crippen LogP contribution in [0.3, 0.4) is 0 Å². The second-order valence-corrected chi connectivity index (χ2v) is 6.39. The van der Waals surface area contributed by atoms with Gasteiger partial charge in [0.2, 0.25) is 0 Å². The average Bonchev–Trinajstić information content (AvgIpc) is 3.08. The van der Waals surface area contributed by atoms with E-state index in [2.05, 4.69) is 31.3 Å². The average molecular weight is 295 g/mol. The van der Waals surface area contributed by atoms with Crippen LogP contribution in [-0.4, -0.2) is 19.1 Å². The van der Waals surface area contributed by atoms with Gasteiger partial charge < -0.3 is 10.1 Å². The highest BCUT2D eigenvalue weighted by molar-refractivity contribution is 5.94. The molecule has 2 aromatic rings. The fourth-order valence-corrected chi connectivity index (χ4v) is 3.15. The molecule has 114 valence electrons. The molecule has 0 bridgehead atoms. The van der Waals surface area contributed by atoms with Gasteiger partial charge in [-0.1, -0.05) is 44.2 Å². The van der Waals surface area contributed by atoms with Crippen molar-refractivity contribution in [2.75, 3.05) is 7.11 Å². The Morgan fingerprint density at radius 2 is 1.68 bits per heavy atom. The van der Waals surface area contributed by atoms with Crippen molar-refractivity contribution < 1.29 is 9.53 Å². The number of nitrogens with one attached hydrogen (secondary N) is 1. The largest absolute Gasteiger partial charge is 0.497 e. The number of amides is 1. The number of carbonyl (C=O) groups is 1. The molecule has 3 heteroatoms. The first-order valence-corrected chi connectivity index (χ1v) is 7.54. The molecule has 1 aliphatic carbocycles. The maximum absolute atomic E-state index is 12.3. The van der Waals surface area contributed by atoms with Gasteiger partial charge in [-0.15, -0.1) is 0 Å². The van der Waals surface area contributed by atoms with Crippen LogP contribution in [0.15, 0.2) is 54.6 Å². The Balaban J connectivity index is 1.73. The highest BCUT2D eigenvalue weighted by atomic mass is 16.5. The van der Waals surface area contributed by atoms with Crippen LogP contribution in [0, 0.1) is 5.41 Å². The van der Waals surface area contributed by atoms with Gasteiger partial charge in [0.15, 0.2) is 0 Å². The lowest BCUT2D eigenvalue weighted by atomic mass is 10.0. The van der Waals surface area contributed by atoms with Crippen LogP contribution in [0.25, 0.3) is 0 Å². The number of rotatable bonds is 4. The van der Waals surface area contributed by atoms with Gasteiger partial charge >= 0.3 is 0 Å². The van der Waals surface area contributed by atoms with Crippen LogP contribution in [0.2, 0.25) is 0 Å². The molecule has 22 heavy (non-hydrogen) atoms. The Morgan fingerprint density at radius 3 is 2.27 bits per heavy atom. The maximum atomic E-state index is 12.3. The molecule has 0 spiro atoms. The lowest BCUT2D eigenvalue weighted by Gasteiger charge is -2.06. The summed E-state index contributed by atoms with van der Waals surface area (Å²) in [6.07, 6.45) is 0. The quantitative estimate of drug-likeness (QED) is 0.935. The van der Waals surface area contributed by atoms with Crippen LogP contribution >= 0.6 is 0 Å². The van der Waals surface area contributed by atoms with E-state index in [1.807, 2.05) is 42.5 Å². The molecule has 3 nitrogen and oxygen atoms in total. The summed E-state index contributed by atoms with van der Waals surface area (Å²) in [6.45, 7) is 4.38. The van der Waals surface area contributed by atoms with E-state index < -0.39 is 0 Å². The van der Waals surface area contributed by atoms with E-state index >= 15 is 0 Å². The van der Waals surface area contributed by atoms with Gasteiger partial charge in [0.25, 0.3) is 5.91 Å². The van der Waals surface area contributed by atoms with Gasteiger partial charge in [-0.2, -0.15) is 0 Å². The van der Waals surface area contributed by atoms with Gasteiger partial charge in [0.1, 0.15) is 5.75 Å². The van der Waals surface area contributed by atoms with Gasteiger partial charge in [-0.3, -0.25) is 4.79 Å². The van der Waals surface area contributed by atoms with Gasteiger partial charge in [0.05, 0.1) is 7.11 Å². The van der Waals surface area contributed by atoms with Gasteiger partial charge in [-0.25, -0.2) is 0 Å². The minimum atomic E-state index is -0.00492. The number of methoxy groups -OCH3 is 1. The van der Waals surface area contributed by atoms with Crippen LogP contribution in [0.5, 0.6) is 5.75 Å². The first-order valence-electron chi connectivity index (χ1n) is 7.54. The Hall–Kier alpha value is -2.29. The van der Waals surface area contributed by atoms with E-state index in [0.717, 1.165) is 5.75 Å². The Labute approximate surface area is 131 Å². The van der Waals surface area contributed by atoms with Gasteiger partial charge in [-0.05, 0) is 35.2 Å². The van der Waals surface area contributed by atoms with E-state index in [0.29, 0.717) is 11.5 Å².